The maximum atomic E-state index is 11.0. The van der Waals surface area contributed by atoms with Crippen molar-refractivity contribution in [3.63, 3.8) is 0 Å². The average molecular weight is 183 g/mol. The largest absolute Gasteiger partial charge is 0.438 e. The Morgan fingerprint density at radius 2 is 2.00 bits per heavy atom. The van der Waals surface area contributed by atoms with E-state index in [1.807, 2.05) is 4.90 Å². The number of aromatic nitrogens is 2. The van der Waals surface area contributed by atoms with Gasteiger partial charge in [-0.3, -0.25) is 0 Å². The highest BCUT2D eigenvalue weighted by Crippen LogP contribution is 2.15. The van der Waals surface area contributed by atoms with Crippen LogP contribution in [0.5, 0.6) is 0 Å². The molecule has 0 atom stereocenters. The molecule has 13 heavy (non-hydrogen) atoms. The molecular weight excluding hydrogens is 170 g/mol. The summed E-state index contributed by atoms with van der Waals surface area (Å²) in [5, 5.41) is 4.00. The first-order valence-corrected chi connectivity index (χ1v) is 4.56. The Kier molecular flexibility index (Phi) is 2.08. The van der Waals surface area contributed by atoms with E-state index < -0.39 is 0 Å². The van der Waals surface area contributed by atoms with Gasteiger partial charge in [-0.15, -0.1) is 5.10 Å². The molecular formula is C8H13N3O2. The minimum atomic E-state index is -0.388. The summed E-state index contributed by atoms with van der Waals surface area (Å²) >= 11 is 0. The highest BCUT2D eigenvalue weighted by molar-refractivity contribution is 5.23. The molecule has 0 aromatic carbocycles. The van der Waals surface area contributed by atoms with Crippen LogP contribution in [0.3, 0.4) is 0 Å². The Morgan fingerprint density at radius 1 is 1.31 bits per heavy atom. The van der Waals surface area contributed by atoms with Gasteiger partial charge in [0.1, 0.15) is 0 Å². The summed E-state index contributed by atoms with van der Waals surface area (Å²) in [5.74, 6) is -0.388. The molecule has 5 heteroatoms. The number of piperidine rings is 1. The summed E-state index contributed by atoms with van der Waals surface area (Å²) in [7, 11) is 1.60. The lowest BCUT2D eigenvalue weighted by molar-refractivity contribution is 0.464. The van der Waals surface area contributed by atoms with Crippen LogP contribution in [0.15, 0.2) is 9.21 Å². The second-order valence-electron chi connectivity index (χ2n) is 3.32. The lowest BCUT2D eigenvalue weighted by Crippen LogP contribution is -2.29. The van der Waals surface area contributed by atoms with Gasteiger partial charge in [0.05, 0.1) is 0 Å². The zero-order chi connectivity index (χ0) is 9.26. The average Bonchev–Trinajstić information content (AvgIpc) is 2.49. The van der Waals surface area contributed by atoms with Crippen molar-refractivity contribution in [2.45, 2.75) is 19.3 Å². The van der Waals surface area contributed by atoms with Gasteiger partial charge in [-0.05, 0) is 19.3 Å². The fourth-order valence-electron chi connectivity index (χ4n) is 1.55. The summed E-state index contributed by atoms with van der Waals surface area (Å²) < 4.78 is 6.20. The van der Waals surface area contributed by atoms with Gasteiger partial charge in [-0.2, -0.15) is 4.68 Å². The summed E-state index contributed by atoms with van der Waals surface area (Å²) in [4.78, 5) is 13.0. The number of rotatable bonds is 1. The maximum absolute atomic E-state index is 11.0. The molecule has 0 N–H and O–H groups in total. The van der Waals surface area contributed by atoms with Gasteiger partial charge in [0, 0.05) is 20.1 Å². The summed E-state index contributed by atoms with van der Waals surface area (Å²) in [6, 6.07) is 0.465. The molecule has 1 aliphatic heterocycles. The van der Waals surface area contributed by atoms with E-state index in [4.69, 9.17) is 4.42 Å². The van der Waals surface area contributed by atoms with Gasteiger partial charge in [0.2, 0.25) is 0 Å². The van der Waals surface area contributed by atoms with E-state index in [1.54, 1.807) is 7.05 Å². The molecule has 0 saturated carbocycles. The topological polar surface area (TPSA) is 51.3 Å². The minimum absolute atomic E-state index is 0.388. The van der Waals surface area contributed by atoms with Crippen LogP contribution in [0.2, 0.25) is 0 Å². The Balaban J connectivity index is 2.19. The van der Waals surface area contributed by atoms with E-state index in [0.29, 0.717) is 6.01 Å². The molecule has 0 radical (unpaired) electrons. The Labute approximate surface area is 75.9 Å². The Bertz CT molecular complexity index is 335. The van der Waals surface area contributed by atoms with Crippen molar-refractivity contribution in [3.8, 4) is 0 Å². The van der Waals surface area contributed by atoms with Crippen LogP contribution in [-0.4, -0.2) is 22.9 Å². The number of hydrogen-bond acceptors (Lipinski definition) is 4. The van der Waals surface area contributed by atoms with Crippen LogP contribution >= 0.6 is 0 Å². The molecule has 0 bridgehead atoms. The molecule has 2 rings (SSSR count). The zero-order valence-electron chi connectivity index (χ0n) is 7.69. The van der Waals surface area contributed by atoms with Crippen LogP contribution in [0, 0.1) is 0 Å². The second-order valence-corrected chi connectivity index (χ2v) is 3.32. The normalized spacial score (nSPS) is 17.8. The van der Waals surface area contributed by atoms with Crippen LogP contribution in [0.25, 0.3) is 0 Å². The van der Waals surface area contributed by atoms with E-state index in [0.717, 1.165) is 25.9 Å². The molecule has 1 aliphatic rings. The van der Waals surface area contributed by atoms with Gasteiger partial charge in [-0.1, -0.05) is 0 Å². The summed E-state index contributed by atoms with van der Waals surface area (Å²) in [6.07, 6.45) is 3.56. The van der Waals surface area contributed by atoms with Crippen LogP contribution in [-0.2, 0) is 7.05 Å². The Morgan fingerprint density at radius 3 is 2.54 bits per heavy atom. The highest BCUT2D eigenvalue weighted by atomic mass is 16.4. The van der Waals surface area contributed by atoms with E-state index in [-0.39, 0.29) is 5.76 Å². The molecule has 0 unspecified atom stereocenters. The van der Waals surface area contributed by atoms with Crippen LogP contribution in [0.1, 0.15) is 19.3 Å². The first kappa shape index (κ1) is 8.34. The van der Waals surface area contributed by atoms with Crippen molar-refractivity contribution < 1.29 is 4.42 Å². The third-order valence-corrected chi connectivity index (χ3v) is 2.30. The van der Waals surface area contributed by atoms with Gasteiger partial charge >= 0.3 is 11.8 Å². The highest BCUT2D eigenvalue weighted by Gasteiger charge is 2.16. The predicted octanol–water partition coefficient (Wildman–Crippen LogP) is 0.364. The van der Waals surface area contributed by atoms with Crippen LogP contribution < -0.4 is 10.7 Å². The van der Waals surface area contributed by atoms with Gasteiger partial charge < -0.3 is 9.32 Å². The molecule has 0 aliphatic carbocycles. The van der Waals surface area contributed by atoms with E-state index in [1.165, 1.54) is 11.1 Å². The van der Waals surface area contributed by atoms with E-state index >= 15 is 0 Å². The maximum Gasteiger partial charge on any atom is 0.438 e. The van der Waals surface area contributed by atoms with Gasteiger partial charge in [0.25, 0.3) is 0 Å². The lowest BCUT2D eigenvalue weighted by Gasteiger charge is -2.23. The number of anilines is 1. The predicted molar refractivity (Wildman–Crippen MR) is 47.8 cm³/mol. The third kappa shape index (κ3) is 1.59. The second kappa shape index (κ2) is 3.24. The number of nitrogens with zero attached hydrogens (tertiary/aromatic N) is 3. The molecule has 1 aromatic rings. The van der Waals surface area contributed by atoms with E-state index in [2.05, 4.69) is 5.10 Å². The fourth-order valence-corrected chi connectivity index (χ4v) is 1.55. The third-order valence-electron chi connectivity index (χ3n) is 2.30. The van der Waals surface area contributed by atoms with E-state index in [9.17, 15) is 4.79 Å². The van der Waals surface area contributed by atoms with Crippen molar-refractivity contribution in [3.05, 3.63) is 10.6 Å². The first-order valence-electron chi connectivity index (χ1n) is 4.56. The monoisotopic (exact) mass is 183 g/mol. The van der Waals surface area contributed by atoms with Crippen molar-refractivity contribution in [1.29, 1.82) is 0 Å². The standard InChI is InChI=1S/C8H13N3O2/c1-10-8(12)13-7(9-10)11-5-3-2-4-6-11/h2-6H2,1H3. The molecule has 2 heterocycles. The van der Waals surface area contributed by atoms with Gasteiger partial charge in [-0.25, -0.2) is 4.79 Å². The number of aryl methyl sites for hydroxylation is 1. The van der Waals surface area contributed by atoms with Crippen molar-refractivity contribution in [2.75, 3.05) is 18.0 Å². The summed E-state index contributed by atoms with van der Waals surface area (Å²) in [5.41, 5.74) is 0. The molecule has 5 nitrogen and oxygen atoms in total. The molecule has 1 aromatic heterocycles. The first-order chi connectivity index (χ1) is 6.27. The molecule has 1 fully saturated rings. The molecule has 0 amide bonds. The molecule has 1 saturated heterocycles. The zero-order valence-corrected chi connectivity index (χ0v) is 7.69. The minimum Gasteiger partial charge on any atom is -0.373 e. The molecule has 72 valence electrons. The van der Waals surface area contributed by atoms with Crippen molar-refractivity contribution in [2.24, 2.45) is 7.05 Å². The SMILES string of the molecule is Cn1nc(N2CCCCC2)oc1=O. The summed E-state index contributed by atoms with van der Waals surface area (Å²) in [6.45, 7) is 1.89. The molecule has 0 spiro atoms. The van der Waals surface area contributed by atoms with Crippen LogP contribution in [0.4, 0.5) is 6.01 Å². The quantitative estimate of drug-likeness (QED) is 0.631. The Hall–Kier alpha value is -1.26. The lowest BCUT2D eigenvalue weighted by atomic mass is 10.1. The smallest absolute Gasteiger partial charge is 0.373 e. The van der Waals surface area contributed by atoms with Crippen molar-refractivity contribution in [1.82, 2.24) is 9.78 Å². The number of hydrogen-bond donors (Lipinski definition) is 0. The van der Waals surface area contributed by atoms with Gasteiger partial charge in [0.15, 0.2) is 0 Å². The van der Waals surface area contributed by atoms with Crippen molar-refractivity contribution >= 4 is 6.01 Å². The fraction of sp³-hybridized carbons (Fsp3) is 0.750.